The van der Waals surface area contributed by atoms with E-state index in [0.29, 0.717) is 11.3 Å². The fourth-order valence-electron chi connectivity index (χ4n) is 1.60. The van der Waals surface area contributed by atoms with Crippen molar-refractivity contribution in [2.45, 2.75) is 37.8 Å². The third kappa shape index (κ3) is 4.69. The molecule has 0 unspecified atom stereocenters. The van der Waals surface area contributed by atoms with Crippen LogP contribution in [-0.4, -0.2) is 43.4 Å². The second-order valence-corrected chi connectivity index (χ2v) is 6.50. The van der Waals surface area contributed by atoms with Crippen molar-refractivity contribution in [3.63, 3.8) is 0 Å². The van der Waals surface area contributed by atoms with Gasteiger partial charge in [0.15, 0.2) is 0 Å². The Hall–Kier alpha value is -1.64. The fraction of sp³-hybridized carbons (Fsp3) is 0.462. The maximum atomic E-state index is 12.1. The third-order valence-corrected chi connectivity index (χ3v) is 4.07. The summed E-state index contributed by atoms with van der Waals surface area (Å²) in [7, 11) is -4.03. The first-order valence-corrected chi connectivity index (χ1v) is 7.79. The zero-order chi connectivity index (χ0) is 16.2. The van der Waals surface area contributed by atoms with Crippen molar-refractivity contribution < 1.29 is 28.2 Å². The van der Waals surface area contributed by atoms with Crippen molar-refractivity contribution in [1.82, 2.24) is 4.72 Å². The highest BCUT2D eigenvalue weighted by molar-refractivity contribution is 7.89. The van der Waals surface area contributed by atoms with E-state index in [9.17, 15) is 13.2 Å². The molecule has 1 aromatic rings. The Balaban J connectivity index is 3.04. The molecule has 118 valence electrons. The van der Waals surface area contributed by atoms with E-state index in [1.165, 1.54) is 18.2 Å². The van der Waals surface area contributed by atoms with E-state index < -0.39 is 28.6 Å². The molecule has 0 saturated carbocycles. The van der Waals surface area contributed by atoms with Gasteiger partial charge in [0.1, 0.15) is 11.8 Å². The molecule has 0 bridgehead atoms. The van der Waals surface area contributed by atoms with Crippen LogP contribution in [0.3, 0.4) is 0 Å². The van der Waals surface area contributed by atoms with Crippen LogP contribution in [0.25, 0.3) is 0 Å². The van der Waals surface area contributed by atoms with E-state index in [2.05, 4.69) is 0 Å². The van der Waals surface area contributed by atoms with Crippen molar-refractivity contribution in [2.75, 3.05) is 6.61 Å². The number of hydrogen-bond acceptors (Lipinski definition) is 5. The van der Waals surface area contributed by atoms with Gasteiger partial charge in [-0.1, -0.05) is 0 Å². The summed E-state index contributed by atoms with van der Waals surface area (Å²) in [6.07, 6.45) is -0.0462. The smallest absolute Gasteiger partial charge is 0.324 e. The lowest BCUT2D eigenvalue weighted by molar-refractivity contribution is -0.139. The minimum atomic E-state index is -4.03. The van der Waals surface area contributed by atoms with Crippen molar-refractivity contribution >= 4 is 16.0 Å². The van der Waals surface area contributed by atoms with Gasteiger partial charge in [-0.15, -0.1) is 0 Å². The van der Waals surface area contributed by atoms with E-state index in [-0.39, 0.29) is 11.0 Å². The molecule has 8 heteroatoms. The zero-order valence-electron chi connectivity index (χ0n) is 12.0. The molecule has 1 rings (SSSR count). The zero-order valence-corrected chi connectivity index (χ0v) is 12.8. The molecule has 0 saturated heterocycles. The van der Waals surface area contributed by atoms with E-state index in [4.69, 9.17) is 14.9 Å². The summed E-state index contributed by atoms with van der Waals surface area (Å²) in [6, 6.07) is 2.64. The van der Waals surface area contributed by atoms with Crippen LogP contribution in [0.1, 0.15) is 19.4 Å². The van der Waals surface area contributed by atoms with Gasteiger partial charge in [-0.05, 0) is 44.5 Å². The standard InChI is InChI=1S/C13H19NO6S/c1-8(2)20-12-5-4-10(6-9(12)3)21(18,19)14-11(7-15)13(16)17/h4-6,8,11,14-15H,7H2,1-3H3,(H,16,17)/t11-/m0/s1. The van der Waals surface area contributed by atoms with Gasteiger partial charge >= 0.3 is 5.97 Å². The second-order valence-electron chi connectivity index (χ2n) is 4.79. The van der Waals surface area contributed by atoms with Crippen molar-refractivity contribution in [2.24, 2.45) is 0 Å². The maximum Gasteiger partial charge on any atom is 0.324 e. The van der Waals surface area contributed by atoms with Crippen LogP contribution in [0.2, 0.25) is 0 Å². The first-order valence-electron chi connectivity index (χ1n) is 6.30. The van der Waals surface area contributed by atoms with Crippen molar-refractivity contribution in [1.29, 1.82) is 0 Å². The number of rotatable bonds is 7. The predicted octanol–water partition coefficient (Wildman–Crippen LogP) is 0.506. The molecule has 1 atom stereocenters. The molecule has 7 nitrogen and oxygen atoms in total. The van der Waals surface area contributed by atoms with Crippen molar-refractivity contribution in [3.05, 3.63) is 23.8 Å². The molecule has 0 spiro atoms. The Bertz CT molecular complexity index is 611. The number of nitrogens with one attached hydrogen (secondary N) is 1. The number of aliphatic carboxylic acids is 1. The summed E-state index contributed by atoms with van der Waals surface area (Å²) >= 11 is 0. The van der Waals surface area contributed by atoms with E-state index in [1.807, 2.05) is 18.6 Å². The van der Waals surface area contributed by atoms with Crippen LogP contribution in [0.15, 0.2) is 23.1 Å². The number of carboxylic acid groups (broad SMARTS) is 1. The molecule has 3 N–H and O–H groups in total. The normalized spacial score (nSPS) is 13.2. The van der Waals surface area contributed by atoms with Gasteiger partial charge in [0.05, 0.1) is 17.6 Å². The molecule has 21 heavy (non-hydrogen) atoms. The predicted molar refractivity (Wildman–Crippen MR) is 75.8 cm³/mol. The van der Waals surface area contributed by atoms with E-state index in [1.54, 1.807) is 6.92 Å². The highest BCUT2D eigenvalue weighted by atomic mass is 32.2. The van der Waals surface area contributed by atoms with Crippen LogP contribution in [0.5, 0.6) is 5.75 Å². The minimum absolute atomic E-state index is 0.0462. The van der Waals surface area contributed by atoms with Crippen molar-refractivity contribution in [3.8, 4) is 5.75 Å². The van der Waals surface area contributed by atoms with E-state index in [0.717, 1.165) is 0 Å². The number of benzene rings is 1. The average Bonchev–Trinajstić information content (AvgIpc) is 2.37. The van der Waals surface area contributed by atoms with Gasteiger partial charge in [-0.3, -0.25) is 4.79 Å². The Kier molecular flexibility index (Phi) is 5.70. The number of aliphatic hydroxyl groups is 1. The molecule has 0 amide bonds. The molecule has 0 fully saturated rings. The number of carboxylic acids is 1. The number of hydrogen-bond donors (Lipinski definition) is 3. The Morgan fingerprint density at radius 1 is 1.38 bits per heavy atom. The van der Waals surface area contributed by atoms with E-state index >= 15 is 0 Å². The quantitative estimate of drug-likeness (QED) is 0.675. The van der Waals surface area contributed by atoms with Gasteiger partial charge in [0, 0.05) is 0 Å². The summed E-state index contributed by atoms with van der Waals surface area (Å²) < 4.78 is 31.6. The molecule has 1 aromatic carbocycles. The van der Waals surface area contributed by atoms with Gasteiger partial charge in [0.25, 0.3) is 0 Å². The van der Waals surface area contributed by atoms with Crippen LogP contribution < -0.4 is 9.46 Å². The molecular weight excluding hydrogens is 298 g/mol. The lowest BCUT2D eigenvalue weighted by atomic mass is 10.2. The summed E-state index contributed by atoms with van der Waals surface area (Å²) in [5, 5.41) is 17.7. The number of aliphatic hydroxyl groups excluding tert-OH is 1. The molecule has 0 aromatic heterocycles. The SMILES string of the molecule is Cc1cc(S(=O)(=O)N[C@@H](CO)C(=O)O)ccc1OC(C)C. The fourth-order valence-corrected chi connectivity index (χ4v) is 2.86. The largest absolute Gasteiger partial charge is 0.491 e. The molecular formula is C13H19NO6S. The summed E-state index contributed by atoms with van der Waals surface area (Å²) in [5.41, 5.74) is 0.613. The topological polar surface area (TPSA) is 113 Å². The first kappa shape index (κ1) is 17.4. The Morgan fingerprint density at radius 3 is 2.43 bits per heavy atom. The number of aryl methyl sites for hydroxylation is 1. The highest BCUT2D eigenvalue weighted by Gasteiger charge is 2.25. The second kappa shape index (κ2) is 6.88. The molecule has 0 radical (unpaired) electrons. The lowest BCUT2D eigenvalue weighted by Crippen LogP contribution is -2.43. The maximum absolute atomic E-state index is 12.1. The summed E-state index contributed by atoms with van der Waals surface area (Å²) in [4.78, 5) is 10.7. The third-order valence-electron chi connectivity index (χ3n) is 2.60. The van der Waals surface area contributed by atoms with Gasteiger partial charge < -0.3 is 14.9 Å². The van der Waals surface area contributed by atoms with Gasteiger partial charge in [-0.2, -0.15) is 4.72 Å². The lowest BCUT2D eigenvalue weighted by Gasteiger charge is -2.15. The van der Waals surface area contributed by atoms with Gasteiger partial charge in [-0.25, -0.2) is 8.42 Å². The van der Waals surface area contributed by atoms with Gasteiger partial charge in [0.2, 0.25) is 10.0 Å². The number of sulfonamides is 1. The van der Waals surface area contributed by atoms with Crippen LogP contribution in [-0.2, 0) is 14.8 Å². The summed E-state index contributed by atoms with van der Waals surface area (Å²) in [5.74, 6) is -0.890. The van der Waals surface area contributed by atoms with Crippen LogP contribution >= 0.6 is 0 Å². The van der Waals surface area contributed by atoms with Crippen LogP contribution in [0.4, 0.5) is 0 Å². The Labute approximate surface area is 123 Å². The highest BCUT2D eigenvalue weighted by Crippen LogP contribution is 2.22. The van der Waals surface area contributed by atoms with Crippen LogP contribution in [0, 0.1) is 6.92 Å². The molecule has 0 aliphatic rings. The molecule has 0 heterocycles. The Morgan fingerprint density at radius 2 is 2.00 bits per heavy atom. The summed E-state index contributed by atoms with van der Waals surface area (Å²) in [6.45, 7) is 4.56. The molecule has 0 aliphatic heterocycles. The number of carbonyl (C=O) groups is 1. The minimum Gasteiger partial charge on any atom is -0.491 e. The first-order chi connectivity index (χ1) is 9.67. The number of ether oxygens (including phenoxy) is 1. The average molecular weight is 317 g/mol. The monoisotopic (exact) mass is 317 g/mol. The molecule has 0 aliphatic carbocycles.